The average Bonchev–Trinajstić information content (AvgIpc) is 2.53. The first-order chi connectivity index (χ1) is 10.1. The molecule has 2 rings (SSSR count). The van der Waals surface area contributed by atoms with Crippen molar-refractivity contribution in [2.24, 2.45) is 5.92 Å². The molecule has 4 heteroatoms. The fraction of sp³-hybridized carbons (Fsp3) is 0.294. The quantitative estimate of drug-likeness (QED) is 0.865. The standard InChI is InChI=1S/C17H19NO3/c1-12-6-8-13(9-7-12)14-4-3-5-15(10-14)17(20)18-11-16(19)21-2/h3-6,8-10,12H,7,11H2,1-2H3,(H,18,20). The molecule has 21 heavy (non-hydrogen) atoms. The van der Waals surface area contributed by atoms with E-state index >= 15 is 0 Å². The monoisotopic (exact) mass is 285 g/mol. The minimum Gasteiger partial charge on any atom is -0.468 e. The predicted molar refractivity (Wildman–Crippen MR) is 81.7 cm³/mol. The van der Waals surface area contributed by atoms with Crippen LogP contribution in [0.1, 0.15) is 29.3 Å². The Hall–Kier alpha value is -2.36. The molecule has 1 amide bonds. The van der Waals surface area contributed by atoms with Crippen LogP contribution < -0.4 is 5.32 Å². The fourth-order valence-corrected chi connectivity index (χ4v) is 2.11. The second-order valence-corrected chi connectivity index (χ2v) is 5.07. The number of esters is 1. The molecule has 1 aliphatic carbocycles. The minimum absolute atomic E-state index is 0.125. The molecule has 0 saturated carbocycles. The highest BCUT2D eigenvalue weighted by atomic mass is 16.5. The molecule has 0 radical (unpaired) electrons. The van der Waals surface area contributed by atoms with Crippen molar-refractivity contribution in [3.05, 3.63) is 53.6 Å². The summed E-state index contributed by atoms with van der Waals surface area (Å²) in [5.74, 6) is -0.192. The minimum atomic E-state index is -0.466. The molecule has 1 atom stereocenters. The second kappa shape index (κ2) is 6.88. The Morgan fingerprint density at radius 3 is 2.86 bits per heavy atom. The highest BCUT2D eigenvalue weighted by molar-refractivity contribution is 5.97. The van der Waals surface area contributed by atoms with E-state index in [-0.39, 0.29) is 12.5 Å². The summed E-state index contributed by atoms with van der Waals surface area (Å²) in [7, 11) is 1.29. The summed E-state index contributed by atoms with van der Waals surface area (Å²) in [6, 6.07) is 7.38. The molecule has 0 spiro atoms. The lowest BCUT2D eigenvalue weighted by molar-refractivity contribution is -0.139. The van der Waals surface area contributed by atoms with Crippen molar-refractivity contribution in [1.29, 1.82) is 0 Å². The zero-order valence-corrected chi connectivity index (χ0v) is 12.3. The summed E-state index contributed by atoms with van der Waals surface area (Å²) >= 11 is 0. The maximum Gasteiger partial charge on any atom is 0.325 e. The van der Waals surface area contributed by atoms with Crippen molar-refractivity contribution in [2.75, 3.05) is 13.7 Å². The molecule has 1 unspecified atom stereocenters. The maximum absolute atomic E-state index is 12.0. The van der Waals surface area contributed by atoms with Gasteiger partial charge in [-0.2, -0.15) is 0 Å². The van der Waals surface area contributed by atoms with Gasteiger partial charge in [-0.1, -0.05) is 37.3 Å². The highest BCUT2D eigenvalue weighted by Crippen LogP contribution is 2.24. The Morgan fingerprint density at radius 1 is 1.38 bits per heavy atom. The summed E-state index contributed by atoms with van der Waals surface area (Å²) in [5.41, 5.74) is 2.66. The van der Waals surface area contributed by atoms with E-state index in [2.05, 4.69) is 35.2 Å². The summed E-state index contributed by atoms with van der Waals surface area (Å²) < 4.78 is 4.49. The van der Waals surface area contributed by atoms with Crippen molar-refractivity contribution in [1.82, 2.24) is 5.32 Å². The molecule has 0 heterocycles. The number of carbonyl (C=O) groups is 2. The lowest BCUT2D eigenvalue weighted by atomic mass is 9.93. The SMILES string of the molecule is COC(=O)CNC(=O)c1cccc(C2=CCC(C)C=C2)c1. The zero-order valence-electron chi connectivity index (χ0n) is 12.3. The summed E-state index contributed by atoms with van der Waals surface area (Å²) in [4.78, 5) is 23.0. The molecule has 0 bridgehead atoms. The van der Waals surface area contributed by atoms with Gasteiger partial charge in [0.2, 0.25) is 0 Å². The molecule has 0 fully saturated rings. The van der Waals surface area contributed by atoms with Gasteiger partial charge in [0.25, 0.3) is 5.91 Å². The molecule has 0 aromatic heterocycles. The summed E-state index contributed by atoms with van der Waals surface area (Å²) in [5, 5.41) is 2.54. The third kappa shape index (κ3) is 4.05. The number of nitrogens with one attached hydrogen (secondary N) is 1. The van der Waals surface area contributed by atoms with E-state index in [0.29, 0.717) is 11.5 Å². The van der Waals surface area contributed by atoms with E-state index in [1.54, 1.807) is 6.07 Å². The smallest absolute Gasteiger partial charge is 0.325 e. The van der Waals surface area contributed by atoms with Gasteiger partial charge in [0, 0.05) is 5.56 Å². The first-order valence-electron chi connectivity index (χ1n) is 6.94. The fourth-order valence-electron chi connectivity index (χ4n) is 2.11. The third-order valence-electron chi connectivity index (χ3n) is 3.39. The van der Waals surface area contributed by atoms with E-state index < -0.39 is 5.97 Å². The molecular weight excluding hydrogens is 266 g/mol. The van der Waals surface area contributed by atoms with Gasteiger partial charge >= 0.3 is 5.97 Å². The molecule has 1 aromatic carbocycles. The van der Waals surface area contributed by atoms with Crippen molar-refractivity contribution in [2.45, 2.75) is 13.3 Å². The number of methoxy groups -OCH3 is 1. The van der Waals surface area contributed by atoms with Crippen LogP contribution in [0.2, 0.25) is 0 Å². The van der Waals surface area contributed by atoms with Crippen LogP contribution in [-0.2, 0) is 9.53 Å². The van der Waals surface area contributed by atoms with Crippen LogP contribution in [0.4, 0.5) is 0 Å². The number of carbonyl (C=O) groups excluding carboxylic acids is 2. The molecule has 1 aromatic rings. The number of rotatable bonds is 4. The predicted octanol–water partition coefficient (Wildman–Crippen LogP) is 2.57. The normalized spacial score (nSPS) is 17.0. The Morgan fingerprint density at radius 2 is 2.19 bits per heavy atom. The number of allylic oxidation sites excluding steroid dienone is 4. The van der Waals surface area contributed by atoms with Crippen molar-refractivity contribution < 1.29 is 14.3 Å². The van der Waals surface area contributed by atoms with Gasteiger partial charge in [0.1, 0.15) is 6.54 Å². The summed E-state index contributed by atoms with van der Waals surface area (Å²) in [6.07, 6.45) is 7.43. The Labute approximate surface area is 124 Å². The van der Waals surface area contributed by atoms with Crippen LogP contribution in [-0.4, -0.2) is 25.5 Å². The van der Waals surface area contributed by atoms with Crippen LogP contribution >= 0.6 is 0 Å². The van der Waals surface area contributed by atoms with Crippen molar-refractivity contribution in [3.63, 3.8) is 0 Å². The van der Waals surface area contributed by atoms with Gasteiger partial charge in [-0.05, 0) is 35.6 Å². The molecule has 1 N–H and O–H groups in total. The first kappa shape index (κ1) is 15.0. The zero-order chi connectivity index (χ0) is 15.2. The molecule has 4 nitrogen and oxygen atoms in total. The first-order valence-corrected chi connectivity index (χ1v) is 6.94. The van der Waals surface area contributed by atoms with Crippen LogP contribution in [0.15, 0.2) is 42.5 Å². The summed E-state index contributed by atoms with van der Waals surface area (Å²) in [6.45, 7) is 2.04. The molecule has 110 valence electrons. The number of amides is 1. The van der Waals surface area contributed by atoms with E-state index in [0.717, 1.165) is 17.6 Å². The highest BCUT2D eigenvalue weighted by Gasteiger charge is 2.10. The van der Waals surface area contributed by atoms with Gasteiger partial charge in [0.05, 0.1) is 7.11 Å². The van der Waals surface area contributed by atoms with E-state index in [1.165, 1.54) is 7.11 Å². The van der Waals surface area contributed by atoms with Crippen LogP contribution in [0.5, 0.6) is 0 Å². The van der Waals surface area contributed by atoms with Crippen LogP contribution in [0.3, 0.4) is 0 Å². The van der Waals surface area contributed by atoms with Gasteiger partial charge in [-0.3, -0.25) is 9.59 Å². The number of hydrogen-bond acceptors (Lipinski definition) is 3. The third-order valence-corrected chi connectivity index (χ3v) is 3.39. The van der Waals surface area contributed by atoms with Gasteiger partial charge in [-0.25, -0.2) is 0 Å². The lowest BCUT2D eigenvalue weighted by Crippen LogP contribution is -2.30. The van der Waals surface area contributed by atoms with E-state index in [1.807, 2.05) is 18.2 Å². The molecule has 1 aliphatic rings. The maximum atomic E-state index is 12.0. The molecular formula is C17H19NO3. The number of ether oxygens (including phenoxy) is 1. The lowest BCUT2D eigenvalue weighted by Gasteiger charge is -2.12. The molecule has 0 aliphatic heterocycles. The van der Waals surface area contributed by atoms with Crippen LogP contribution in [0, 0.1) is 5.92 Å². The topological polar surface area (TPSA) is 55.4 Å². The Kier molecular flexibility index (Phi) is 4.93. The molecule has 0 saturated heterocycles. The number of hydrogen-bond donors (Lipinski definition) is 1. The largest absolute Gasteiger partial charge is 0.468 e. The second-order valence-electron chi connectivity index (χ2n) is 5.07. The van der Waals surface area contributed by atoms with Crippen LogP contribution in [0.25, 0.3) is 5.57 Å². The Balaban J connectivity index is 2.09. The Bertz CT molecular complexity index is 602. The van der Waals surface area contributed by atoms with Gasteiger partial charge in [-0.15, -0.1) is 0 Å². The number of benzene rings is 1. The van der Waals surface area contributed by atoms with Gasteiger partial charge < -0.3 is 10.1 Å². The van der Waals surface area contributed by atoms with E-state index in [9.17, 15) is 9.59 Å². The van der Waals surface area contributed by atoms with Crippen molar-refractivity contribution >= 4 is 17.4 Å². The van der Waals surface area contributed by atoms with E-state index in [4.69, 9.17) is 0 Å². The van der Waals surface area contributed by atoms with Gasteiger partial charge in [0.15, 0.2) is 0 Å². The average molecular weight is 285 g/mol. The van der Waals surface area contributed by atoms with Crippen molar-refractivity contribution in [3.8, 4) is 0 Å².